The first-order valence-corrected chi connectivity index (χ1v) is 6.58. The summed E-state index contributed by atoms with van der Waals surface area (Å²) >= 11 is 0. The van der Waals surface area contributed by atoms with E-state index in [1.165, 1.54) is 16.7 Å². The van der Waals surface area contributed by atoms with Crippen molar-refractivity contribution in [3.05, 3.63) is 59.2 Å². The molecule has 2 nitrogen and oxygen atoms in total. The highest BCUT2D eigenvalue weighted by molar-refractivity contribution is 5.50. The summed E-state index contributed by atoms with van der Waals surface area (Å²) in [7, 11) is 1.69. The second-order valence-electron chi connectivity index (χ2n) is 4.96. The number of hydrogen-bond acceptors (Lipinski definition) is 2. The number of methoxy groups -OCH3 is 1. The summed E-state index contributed by atoms with van der Waals surface area (Å²) in [6.45, 7) is 6.46. The monoisotopic (exact) mass is 255 g/mol. The second-order valence-corrected chi connectivity index (χ2v) is 4.96. The third-order valence-electron chi connectivity index (χ3n) is 3.35. The van der Waals surface area contributed by atoms with Gasteiger partial charge in [0.15, 0.2) is 0 Å². The van der Waals surface area contributed by atoms with E-state index in [9.17, 15) is 0 Å². The zero-order chi connectivity index (χ0) is 13.8. The molecule has 0 saturated carbocycles. The van der Waals surface area contributed by atoms with Crippen molar-refractivity contribution in [3.63, 3.8) is 0 Å². The van der Waals surface area contributed by atoms with Crippen LogP contribution in [0.15, 0.2) is 42.5 Å². The molecule has 0 saturated heterocycles. The molecule has 0 radical (unpaired) electrons. The van der Waals surface area contributed by atoms with Gasteiger partial charge < -0.3 is 10.1 Å². The molecular weight excluding hydrogens is 234 g/mol. The summed E-state index contributed by atoms with van der Waals surface area (Å²) in [4.78, 5) is 0. The molecule has 100 valence electrons. The molecule has 1 unspecified atom stereocenters. The Balaban J connectivity index is 2.20. The lowest BCUT2D eigenvalue weighted by molar-refractivity contribution is 0.415. The molecule has 2 rings (SSSR count). The first-order valence-electron chi connectivity index (χ1n) is 6.58. The fraction of sp³-hybridized carbons (Fsp3) is 0.294. The van der Waals surface area contributed by atoms with Crippen LogP contribution in [0.25, 0.3) is 0 Å². The minimum atomic E-state index is 0.270. The predicted molar refractivity (Wildman–Crippen MR) is 80.9 cm³/mol. The van der Waals surface area contributed by atoms with Crippen molar-refractivity contribution in [2.75, 3.05) is 12.4 Å². The zero-order valence-corrected chi connectivity index (χ0v) is 12.0. The highest BCUT2D eigenvalue weighted by atomic mass is 16.5. The van der Waals surface area contributed by atoms with Gasteiger partial charge in [-0.1, -0.05) is 29.8 Å². The van der Waals surface area contributed by atoms with E-state index < -0.39 is 0 Å². The van der Waals surface area contributed by atoms with Crippen LogP contribution < -0.4 is 10.1 Å². The lowest BCUT2D eigenvalue weighted by atomic mass is 10.00. The maximum absolute atomic E-state index is 5.24. The van der Waals surface area contributed by atoms with Crippen LogP contribution in [0.2, 0.25) is 0 Å². The van der Waals surface area contributed by atoms with E-state index in [4.69, 9.17) is 4.74 Å². The van der Waals surface area contributed by atoms with E-state index in [0.717, 1.165) is 11.4 Å². The van der Waals surface area contributed by atoms with Gasteiger partial charge in [-0.05, 0) is 44.0 Å². The molecule has 2 aromatic rings. The van der Waals surface area contributed by atoms with Crippen LogP contribution in [-0.4, -0.2) is 7.11 Å². The van der Waals surface area contributed by atoms with Crippen LogP contribution >= 0.6 is 0 Å². The third-order valence-corrected chi connectivity index (χ3v) is 3.35. The molecule has 0 aliphatic heterocycles. The minimum absolute atomic E-state index is 0.270. The van der Waals surface area contributed by atoms with E-state index in [1.54, 1.807) is 7.11 Å². The number of rotatable bonds is 4. The van der Waals surface area contributed by atoms with Gasteiger partial charge in [-0.15, -0.1) is 0 Å². The highest BCUT2D eigenvalue weighted by Gasteiger charge is 2.08. The molecule has 2 aromatic carbocycles. The van der Waals surface area contributed by atoms with Crippen LogP contribution in [0.4, 0.5) is 5.69 Å². The Bertz CT molecular complexity index is 563. The lowest BCUT2D eigenvalue weighted by Gasteiger charge is -2.19. The van der Waals surface area contributed by atoms with E-state index in [0.29, 0.717) is 0 Å². The number of benzene rings is 2. The SMILES string of the molecule is COc1cccc(NC(C)c2cc(C)ccc2C)c1. The Morgan fingerprint density at radius 1 is 1.05 bits per heavy atom. The van der Waals surface area contributed by atoms with E-state index >= 15 is 0 Å². The number of anilines is 1. The van der Waals surface area contributed by atoms with Gasteiger partial charge in [0, 0.05) is 17.8 Å². The summed E-state index contributed by atoms with van der Waals surface area (Å²) < 4.78 is 5.24. The number of ether oxygens (including phenoxy) is 1. The second kappa shape index (κ2) is 5.79. The summed E-state index contributed by atoms with van der Waals surface area (Å²) in [5.74, 6) is 0.873. The Hall–Kier alpha value is -1.96. The standard InChI is InChI=1S/C17H21NO/c1-12-8-9-13(2)17(10-12)14(3)18-15-6-5-7-16(11-15)19-4/h5-11,14,18H,1-4H3. The molecule has 0 fully saturated rings. The van der Waals surface area contributed by atoms with Crippen molar-refractivity contribution in [1.82, 2.24) is 0 Å². The maximum atomic E-state index is 5.24. The fourth-order valence-corrected chi connectivity index (χ4v) is 2.27. The van der Waals surface area contributed by atoms with Gasteiger partial charge in [0.2, 0.25) is 0 Å². The van der Waals surface area contributed by atoms with Gasteiger partial charge >= 0.3 is 0 Å². The molecular formula is C17H21NO. The Labute approximate surface area is 115 Å². The van der Waals surface area contributed by atoms with Crippen molar-refractivity contribution >= 4 is 5.69 Å². The Morgan fingerprint density at radius 2 is 1.84 bits per heavy atom. The van der Waals surface area contributed by atoms with Gasteiger partial charge in [0.05, 0.1) is 7.11 Å². The van der Waals surface area contributed by atoms with Crippen LogP contribution in [0.3, 0.4) is 0 Å². The third kappa shape index (κ3) is 3.28. The normalized spacial score (nSPS) is 12.0. The van der Waals surface area contributed by atoms with Crippen LogP contribution in [-0.2, 0) is 0 Å². The smallest absolute Gasteiger partial charge is 0.120 e. The van der Waals surface area contributed by atoms with Crippen molar-refractivity contribution in [1.29, 1.82) is 0 Å². The summed E-state index contributed by atoms with van der Waals surface area (Å²) in [6.07, 6.45) is 0. The van der Waals surface area contributed by atoms with Crippen molar-refractivity contribution < 1.29 is 4.74 Å². The number of nitrogens with one attached hydrogen (secondary N) is 1. The van der Waals surface area contributed by atoms with Crippen molar-refractivity contribution in [2.45, 2.75) is 26.8 Å². The van der Waals surface area contributed by atoms with E-state index in [1.807, 2.05) is 18.2 Å². The quantitative estimate of drug-likeness (QED) is 0.869. The molecule has 1 N–H and O–H groups in total. The zero-order valence-electron chi connectivity index (χ0n) is 12.0. The predicted octanol–water partition coefficient (Wildman–Crippen LogP) is 4.49. The van der Waals surface area contributed by atoms with Gasteiger partial charge in [0.25, 0.3) is 0 Å². The van der Waals surface area contributed by atoms with Crippen LogP contribution in [0, 0.1) is 13.8 Å². The molecule has 0 heterocycles. The van der Waals surface area contributed by atoms with E-state index in [2.05, 4.69) is 50.4 Å². The number of aryl methyl sites for hydroxylation is 2. The van der Waals surface area contributed by atoms with Gasteiger partial charge in [0.1, 0.15) is 5.75 Å². The van der Waals surface area contributed by atoms with Gasteiger partial charge in [-0.2, -0.15) is 0 Å². The molecule has 0 spiro atoms. The molecule has 0 aliphatic carbocycles. The fourth-order valence-electron chi connectivity index (χ4n) is 2.27. The summed E-state index contributed by atoms with van der Waals surface area (Å²) in [6, 6.07) is 14.9. The maximum Gasteiger partial charge on any atom is 0.120 e. The van der Waals surface area contributed by atoms with Gasteiger partial charge in [-0.25, -0.2) is 0 Å². The number of hydrogen-bond donors (Lipinski definition) is 1. The van der Waals surface area contributed by atoms with Crippen molar-refractivity contribution in [2.24, 2.45) is 0 Å². The van der Waals surface area contributed by atoms with Crippen molar-refractivity contribution in [3.8, 4) is 5.75 Å². The van der Waals surface area contributed by atoms with Crippen LogP contribution in [0.5, 0.6) is 5.75 Å². The average Bonchev–Trinajstić information content (AvgIpc) is 2.41. The molecule has 19 heavy (non-hydrogen) atoms. The van der Waals surface area contributed by atoms with Gasteiger partial charge in [-0.3, -0.25) is 0 Å². The molecule has 2 heteroatoms. The highest BCUT2D eigenvalue weighted by Crippen LogP contribution is 2.25. The molecule has 0 amide bonds. The largest absolute Gasteiger partial charge is 0.497 e. The topological polar surface area (TPSA) is 21.3 Å². The summed E-state index contributed by atoms with van der Waals surface area (Å²) in [5.41, 5.74) is 5.02. The first-order chi connectivity index (χ1) is 9.10. The molecule has 0 aliphatic rings. The molecule has 0 bridgehead atoms. The minimum Gasteiger partial charge on any atom is -0.497 e. The lowest BCUT2D eigenvalue weighted by Crippen LogP contribution is -2.08. The first kappa shape index (κ1) is 13.5. The average molecular weight is 255 g/mol. The molecule has 1 atom stereocenters. The Morgan fingerprint density at radius 3 is 2.58 bits per heavy atom. The Kier molecular flexibility index (Phi) is 4.10. The van der Waals surface area contributed by atoms with Crippen LogP contribution in [0.1, 0.15) is 29.7 Å². The van der Waals surface area contributed by atoms with E-state index in [-0.39, 0.29) is 6.04 Å². The molecule has 0 aromatic heterocycles. The summed E-state index contributed by atoms with van der Waals surface area (Å²) in [5, 5.41) is 3.52.